The summed E-state index contributed by atoms with van der Waals surface area (Å²) in [6.45, 7) is 2.13. The molecule has 3 nitrogen and oxygen atoms in total. The fourth-order valence-electron chi connectivity index (χ4n) is 1.76. The smallest absolute Gasteiger partial charge is 0.142 e. The van der Waals surface area contributed by atoms with Crippen molar-refractivity contribution in [3.05, 3.63) is 40.6 Å². The molecular formula is C14H17NO2S. The Morgan fingerprint density at radius 1 is 1.17 bits per heavy atom. The van der Waals surface area contributed by atoms with Gasteiger partial charge in [-0.05, 0) is 41.4 Å². The number of nitrogens with one attached hydrogen (secondary N) is 1. The van der Waals surface area contributed by atoms with E-state index in [1.807, 2.05) is 18.2 Å². The molecule has 0 aliphatic heterocycles. The van der Waals surface area contributed by atoms with Gasteiger partial charge in [0.15, 0.2) is 0 Å². The molecule has 0 saturated heterocycles. The maximum atomic E-state index is 5.35. The highest BCUT2D eigenvalue weighted by Gasteiger charge is 2.10. The molecule has 4 heteroatoms. The normalized spacial score (nSPS) is 11.9. The zero-order chi connectivity index (χ0) is 13.0. The number of anilines is 1. The van der Waals surface area contributed by atoms with Gasteiger partial charge >= 0.3 is 0 Å². The van der Waals surface area contributed by atoms with Gasteiger partial charge in [0.2, 0.25) is 0 Å². The molecule has 2 rings (SSSR count). The number of thiophene rings is 1. The molecule has 1 aromatic heterocycles. The van der Waals surface area contributed by atoms with Gasteiger partial charge in [-0.15, -0.1) is 0 Å². The fraction of sp³-hybridized carbons (Fsp3) is 0.286. The lowest BCUT2D eigenvalue weighted by Gasteiger charge is -2.17. The van der Waals surface area contributed by atoms with E-state index in [0.29, 0.717) is 0 Å². The van der Waals surface area contributed by atoms with Gasteiger partial charge in [-0.3, -0.25) is 0 Å². The molecule has 0 spiro atoms. The zero-order valence-corrected chi connectivity index (χ0v) is 11.6. The Morgan fingerprint density at radius 2 is 2.00 bits per heavy atom. The van der Waals surface area contributed by atoms with Crippen LogP contribution in [0.15, 0.2) is 35.0 Å². The van der Waals surface area contributed by atoms with Crippen molar-refractivity contribution in [3.63, 3.8) is 0 Å². The third kappa shape index (κ3) is 2.76. The minimum atomic E-state index is 0.234. The van der Waals surface area contributed by atoms with Crippen LogP contribution in [0.2, 0.25) is 0 Å². The van der Waals surface area contributed by atoms with E-state index in [0.717, 1.165) is 17.2 Å². The average Bonchev–Trinajstić information content (AvgIpc) is 2.92. The average molecular weight is 263 g/mol. The molecule has 1 heterocycles. The van der Waals surface area contributed by atoms with Crippen LogP contribution in [-0.4, -0.2) is 14.2 Å². The van der Waals surface area contributed by atoms with Gasteiger partial charge in [0.1, 0.15) is 11.5 Å². The van der Waals surface area contributed by atoms with Gasteiger partial charge in [-0.25, -0.2) is 0 Å². The third-order valence-electron chi connectivity index (χ3n) is 2.82. The molecule has 0 fully saturated rings. The summed E-state index contributed by atoms with van der Waals surface area (Å²) in [6, 6.07) is 8.09. The van der Waals surface area contributed by atoms with E-state index in [1.165, 1.54) is 5.56 Å². The lowest BCUT2D eigenvalue weighted by Crippen LogP contribution is -2.06. The number of ether oxygens (including phenoxy) is 2. The van der Waals surface area contributed by atoms with Crippen molar-refractivity contribution in [3.8, 4) is 11.5 Å². The monoisotopic (exact) mass is 263 g/mol. The standard InChI is InChI=1S/C14H17NO2S/c1-10(11-6-7-18-9-11)15-13-8-12(16-2)4-5-14(13)17-3/h4-10,15H,1-3H3. The molecule has 1 atom stereocenters. The van der Waals surface area contributed by atoms with Crippen LogP contribution >= 0.6 is 11.3 Å². The molecule has 0 bridgehead atoms. The summed E-state index contributed by atoms with van der Waals surface area (Å²) in [5.41, 5.74) is 2.21. The van der Waals surface area contributed by atoms with Gasteiger partial charge in [-0.2, -0.15) is 11.3 Å². The second kappa shape index (κ2) is 5.78. The third-order valence-corrected chi connectivity index (χ3v) is 3.52. The highest BCUT2D eigenvalue weighted by atomic mass is 32.1. The summed E-state index contributed by atoms with van der Waals surface area (Å²) in [4.78, 5) is 0. The molecule has 1 N–H and O–H groups in total. The largest absolute Gasteiger partial charge is 0.497 e. The highest BCUT2D eigenvalue weighted by Crippen LogP contribution is 2.32. The van der Waals surface area contributed by atoms with Crippen LogP contribution in [0.5, 0.6) is 11.5 Å². The van der Waals surface area contributed by atoms with Crippen LogP contribution < -0.4 is 14.8 Å². The van der Waals surface area contributed by atoms with E-state index < -0.39 is 0 Å². The van der Waals surface area contributed by atoms with E-state index in [4.69, 9.17) is 9.47 Å². The predicted molar refractivity (Wildman–Crippen MR) is 75.9 cm³/mol. The maximum Gasteiger partial charge on any atom is 0.142 e. The van der Waals surface area contributed by atoms with Crippen molar-refractivity contribution in [1.82, 2.24) is 0 Å². The first-order valence-electron chi connectivity index (χ1n) is 5.75. The van der Waals surface area contributed by atoms with Crippen LogP contribution in [0.25, 0.3) is 0 Å². The molecule has 0 aliphatic rings. The maximum absolute atomic E-state index is 5.35. The van der Waals surface area contributed by atoms with Crippen molar-refractivity contribution in [2.24, 2.45) is 0 Å². The summed E-state index contributed by atoms with van der Waals surface area (Å²) in [6.07, 6.45) is 0. The molecule has 0 radical (unpaired) electrons. The lowest BCUT2D eigenvalue weighted by molar-refractivity contribution is 0.404. The van der Waals surface area contributed by atoms with E-state index in [1.54, 1.807) is 25.6 Å². The zero-order valence-electron chi connectivity index (χ0n) is 10.8. The summed E-state index contributed by atoms with van der Waals surface area (Å²) in [7, 11) is 3.33. The minimum Gasteiger partial charge on any atom is -0.497 e. The molecule has 0 saturated carbocycles. The fourth-order valence-corrected chi connectivity index (χ4v) is 2.52. The van der Waals surface area contributed by atoms with Crippen molar-refractivity contribution in [2.75, 3.05) is 19.5 Å². The Hall–Kier alpha value is -1.68. The number of rotatable bonds is 5. The molecule has 0 aliphatic carbocycles. The SMILES string of the molecule is COc1ccc(OC)c(NC(C)c2ccsc2)c1. The Kier molecular flexibility index (Phi) is 4.10. The Balaban J connectivity index is 2.21. The molecule has 96 valence electrons. The van der Waals surface area contributed by atoms with Crippen LogP contribution in [0, 0.1) is 0 Å². The molecule has 2 aromatic rings. The van der Waals surface area contributed by atoms with Crippen LogP contribution in [0.1, 0.15) is 18.5 Å². The quantitative estimate of drug-likeness (QED) is 0.886. The van der Waals surface area contributed by atoms with Gasteiger partial charge in [0, 0.05) is 12.1 Å². The minimum absolute atomic E-state index is 0.234. The van der Waals surface area contributed by atoms with E-state index in [-0.39, 0.29) is 6.04 Å². The first kappa shape index (κ1) is 12.8. The molecule has 18 heavy (non-hydrogen) atoms. The number of methoxy groups -OCH3 is 2. The van der Waals surface area contributed by atoms with Gasteiger partial charge in [0.05, 0.1) is 19.9 Å². The van der Waals surface area contributed by atoms with Crippen molar-refractivity contribution < 1.29 is 9.47 Å². The van der Waals surface area contributed by atoms with Crippen LogP contribution in [0.3, 0.4) is 0 Å². The molecule has 1 aromatic carbocycles. The first-order chi connectivity index (χ1) is 8.74. The summed E-state index contributed by atoms with van der Waals surface area (Å²) >= 11 is 1.70. The molecule has 1 unspecified atom stereocenters. The Bertz CT molecular complexity index is 497. The second-order valence-corrected chi connectivity index (χ2v) is 4.77. The second-order valence-electron chi connectivity index (χ2n) is 3.99. The van der Waals surface area contributed by atoms with Crippen LogP contribution in [-0.2, 0) is 0 Å². The van der Waals surface area contributed by atoms with Crippen molar-refractivity contribution in [1.29, 1.82) is 0 Å². The number of hydrogen-bond acceptors (Lipinski definition) is 4. The van der Waals surface area contributed by atoms with Crippen LogP contribution in [0.4, 0.5) is 5.69 Å². The molecule has 0 amide bonds. The summed E-state index contributed by atoms with van der Waals surface area (Å²) < 4.78 is 10.6. The number of hydrogen-bond donors (Lipinski definition) is 1. The van der Waals surface area contributed by atoms with Crippen molar-refractivity contribution >= 4 is 17.0 Å². The van der Waals surface area contributed by atoms with E-state index in [9.17, 15) is 0 Å². The Morgan fingerprint density at radius 3 is 2.61 bits per heavy atom. The summed E-state index contributed by atoms with van der Waals surface area (Å²) in [5.74, 6) is 1.63. The van der Waals surface area contributed by atoms with Gasteiger partial charge in [0.25, 0.3) is 0 Å². The van der Waals surface area contributed by atoms with Gasteiger partial charge < -0.3 is 14.8 Å². The van der Waals surface area contributed by atoms with Crippen molar-refractivity contribution in [2.45, 2.75) is 13.0 Å². The Labute approximate surface area is 111 Å². The lowest BCUT2D eigenvalue weighted by atomic mass is 10.1. The van der Waals surface area contributed by atoms with E-state index in [2.05, 4.69) is 29.1 Å². The predicted octanol–water partition coefficient (Wildman–Crippen LogP) is 3.94. The van der Waals surface area contributed by atoms with Gasteiger partial charge in [-0.1, -0.05) is 0 Å². The molecular weight excluding hydrogens is 246 g/mol. The number of benzene rings is 1. The topological polar surface area (TPSA) is 30.5 Å². The first-order valence-corrected chi connectivity index (χ1v) is 6.69. The highest BCUT2D eigenvalue weighted by molar-refractivity contribution is 7.07. The van der Waals surface area contributed by atoms with E-state index >= 15 is 0 Å². The summed E-state index contributed by atoms with van der Waals surface area (Å²) in [5, 5.41) is 7.66.